The minimum absolute atomic E-state index is 0.217. The van der Waals surface area contributed by atoms with Gasteiger partial charge in [0.25, 0.3) is 0 Å². The number of hydrogen-bond acceptors (Lipinski definition) is 4. The molecule has 0 amide bonds. The molecule has 3 aromatic rings. The SMILES string of the molecule is CCCCCCCCOc1cc(Nc2nc(-c3ccc(F)cc3)c(F)s2)ccc1C. The first-order valence-corrected chi connectivity index (χ1v) is 11.3. The average Bonchev–Trinajstić information content (AvgIpc) is 3.10. The third kappa shape index (κ3) is 6.26. The predicted molar refractivity (Wildman–Crippen MR) is 121 cm³/mol. The summed E-state index contributed by atoms with van der Waals surface area (Å²) < 4.78 is 33.4. The fraction of sp³-hybridized carbons (Fsp3) is 0.375. The lowest BCUT2D eigenvalue weighted by atomic mass is 10.1. The molecule has 0 aliphatic rings. The predicted octanol–water partition coefficient (Wildman–Crippen LogP) is 7.88. The Labute approximate surface area is 181 Å². The lowest BCUT2D eigenvalue weighted by Crippen LogP contribution is -2.00. The molecule has 3 nitrogen and oxygen atoms in total. The highest BCUT2D eigenvalue weighted by Gasteiger charge is 2.14. The van der Waals surface area contributed by atoms with Gasteiger partial charge in [-0.25, -0.2) is 9.37 Å². The number of aromatic nitrogens is 1. The van der Waals surface area contributed by atoms with Gasteiger partial charge in [0.15, 0.2) is 5.13 Å². The fourth-order valence-corrected chi connectivity index (χ4v) is 3.90. The molecule has 1 N–H and O–H groups in total. The number of ether oxygens (including phenoxy) is 1. The van der Waals surface area contributed by atoms with Crippen molar-refractivity contribution in [3.63, 3.8) is 0 Å². The van der Waals surface area contributed by atoms with Gasteiger partial charge in [0.1, 0.15) is 17.3 Å². The van der Waals surface area contributed by atoms with Crippen molar-refractivity contribution in [1.29, 1.82) is 0 Å². The first-order valence-electron chi connectivity index (χ1n) is 10.5. The van der Waals surface area contributed by atoms with E-state index in [2.05, 4.69) is 17.2 Å². The largest absolute Gasteiger partial charge is 0.493 e. The molecule has 0 bridgehead atoms. The third-order valence-electron chi connectivity index (χ3n) is 4.90. The minimum atomic E-state index is -0.407. The van der Waals surface area contributed by atoms with E-state index >= 15 is 0 Å². The van der Waals surface area contributed by atoms with Gasteiger partial charge in [-0.2, -0.15) is 4.39 Å². The van der Waals surface area contributed by atoms with E-state index < -0.39 is 5.13 Å². The molecule has 1 heterocycles. The molecule has 0 spiro atoms. The van der Waals surface area contributed by atoms with Gasteiger partial charge in [-0.1, -0.05) is 56.4 Å². The lowest BCUT2D eigenvalue weighted by Gasteiger charge is -2.11. The van der Waals surface area contributed by atoms with Gasteiger partial charge in [-0.3, -0.25) is 0 Å². The highest BCUT2D eigenvalue weighted by molar-refractivity contribution is 7.14. The Kier molecular flexibility index (Phi) is 8.20. The molecule has 1 aromatic heterocycles. The number of nitrogens with one attached hydrogen (secondary N) is 1. The number of rotatable bonds is 11. The van der Waals surface area contributed by atoms with E-state index in [1.54, 1.807) is 0 Å². The molecule has 6 heteroatoms. The van der Waals surface area contributed by atoms with E-state index in [0.717, 1.165) is 34.8 Å². The van der Waals surface area contributed by atoms with Crippen molar-refractivity contribution in [2.75, 3.05) is 11.9 Å². The van der Waals surface area contributed by atoms with E-state index in [4.69, 9.17) is 4.74 Å². The van der Waals surface area contributed by atoms with Gasteiger partial charge < -0.3 is 10.1 Å². The summed E-state index contributed by atoms with van der Waals surface area (Å²) >= 11 is 0.926. The first-order chi connectivity index (χ1) is 14.6. The van der Waals surface area contributed by atoms with Crippen molar-refractivity contribution in [3.8, 4) is 17.0 Å². The van der Waals surface area contributed by atoms with Crippen LogP contribution in [0, 0.1) is 17.9 Å². The molecule has 160 valence electrons. The Bertz CT molecular complexity index is 941. The molecule has 0 saturated heterocycles. The van der Waals surface area contributed by atoms with Crippen molar-refractivity contribution >= 4 is 22.2 Å². The first kappa shape index (κ1) is 22.2. The van der Waals surface area contributed by atoms with Crippen molar-refractivity contribution in [2.24, 2.45) is 0 Å². The van der Waals surface area contributed by atoms with Crippen LogP contribution in [-0.2, 0) is 0 Å². The summed E-state index contributed by atoms with van der Waals surface area (Å²) in [6.07, 6.45) is 7.32. The van der Waals surface area contributed by atoms with Crippen LogP contribution in [0.2, 0.25) is 0 Å². The van der Waals surface area contributed by atoms with E-state index in [1.165, 1.54) is 56.4 Å². The van der Waals surface area contributed by atoms with Gasteiger partial charge in [-0.15, -0.1) is 0 Å². The maximum atomic E-state index is 14.4. The average molecular weight is 431 g/mol. The number of halogens is 2. The number of benzene rings is 2. The van der Waals surface area contributed by atoms with Crippen LogP contribution in [-0.4, -0.2) is 11.6 Å². The highest BCUT2D eigenvalue weighted by Crippen LogP contribution is 2.32. The second-order valence-corrected chi connectivity index (χ2v) is 8.32. The van der Waals surface area contributed by atoms with E-state index in [1.807, 2.05) is 25.1 Å². The summed E-state index contributed by atoms with van der Waals surface area (Å²) in [4.78, 5) is 4.34. The third-order valence-corrected chi connectivity index (χ3v) is 5.66. The van der Waals surface area contributed by atoms with Gasteiger partial charge >= 0.3 is 0 Å². The molecule has 2 aromatic carbocycles. The summed E-state index contributed by atoms with van der Waals surface area (Å²) in [7, 11) is 0. The van der Waals surface area contributed by atoms with E-state index in [-0.39, 0.29) is 11.5 Å². The molecule has 0 fully saturated rings. The molecule has 0 radical (unpaired) electrons. The van der Waals surface area contributed by atoms with Gasteiger partial charge in [0, 0.05) is 17.3 Å². The van der Waals surface area contributed by atoms with Crippen molar-refractivity contribution < 1.29 is 13.5 Å². The van der Waals surface area contributed by atoms with Crippen LogP contribution in [0.25, 0.3) is 11.3 Å². The molecular weight excluding hydrogens is 402 g/mol. The monoisotopic (exact) mass is 430 g/mol. The van der Waals surface area contributed by atoms with E-state index in [0.29, 0.717) is 17.3 Å². The zero-order valence-corrected chi connectivity index (χ0v) is 18.3. The molecule has 0 saturated carbocycles. The summed E-state index contributed by atoms with van der Waals surface area (Å²) in [5, 5.41) is 3.19. The van der Waals surface area contributed by atoms with Gasteiger partial charge in [0.05, 0.1) is 6.61 Å². The summed E-state index contributed by atoms with van der Waals surface area (Å²) in [6.45, 7) is 4.92. The van der Waals surface area contributed by atoms with Crippen LogP contribution < -0.4 is 10.1 Å². The summed E-state index contributed by atoms with van der Waals surface area (Å²) in [6, 6.07) is 11.5. The number of thiazole rings is 1. The summed E-state index contributed by atoms with van der Waals surface area (Å²) in [5.74, 6) is 0.463. The number of unbranched alkanes of at least 4 members (excludes halogenated alkanes) is 5. The smallest absolute Gasteiger partial charge is 0.206 e. The van der Waals surface area contributed by atoms with Gasteiger partial charge in [0.2, 0.25) is 5.13 Å². The number of aryl methyl sites for hydroxylation is 1. The van der Waals surface area contributed by atoms with Crippen molar-refractivity contribution in [3.05, 3.63) is 59.0 Å². The maximum Gasteiger partial charge on any atom is 0.206 e. The highest BCUT2D eigenvalue weighted by atomic mass is 32.1. The molecular formula is C24H28F2N2OS. The Balaban J connectivity index is 1.60. The van der Waals surface area contributed by atoms with Crippen LogP contribution in [0.1, 0.15) is 51.0 Å². The maximum absolute atomic E-state index is 14.4. The Morgan fingerprint density at radius 1 is 0.967 bits per heavy atom. The second kappa shape index (κ2) is 11.1. The van der Waals surface area contributed by atoms with Crippen LogP contribution in [0.15, 0.2) is 42.5 Å². The normalized spacial score (nSPS) is 10.9. The van der Waals surface area contributed by atoms with Crippen LogP contribution in [0.3, 0.4) is 0 Å². The molecule has 0 unspecified atom stereocenters. The molecule has 0 aliphatic carbocycles. The Hall–Kier alpha value is -2.47. The van der Waals surface area contributed by atoms with Gasteiger partial charge in [-0.05, 0) is 49.2 Å². The minimum Gasteiger partial charge on any atom is -0.493 e. The van der Waals surface area contributed by atoms with Crippen LogP contribution in [0.5, 0.6) is 5.75 Å². The quantitative estimate of drug-likeness (QED) is 0.314. The lowest BCUT2D eigenvalue weighted by molar-refractivity contribution is 0.302. The summed E-state index contributed by atoms with van der Waals surface area (Å²) in [5.41, 5.74) is 2.61. The number of anilines is 2. The number of nitrogens with zero attached hydrogens (tertiary/aromatic N) is 1. The van der Waals surface area contributed by atoms with Crippen molar-refractivity contribution in [1.82, 2.24) is 4.98 Å². The standard InChI is InChI=1S/C24H28F2N2OS/c1-3-4-5-6-7-8-15-29-21-16-20(14-9-17(21)2)27-24-28-22(23(26)30-24)18-10-12-19(25)13-11-18/h9-14,16H,3-8,15H2,1-2H3,(H,27,28). The van der Waals surface area contributed by atoms with E-state index in [9.17, 15) is 8.78 Å². The van der Waals surface area contributed by atoms with Crippen molar-refractivity contribution in [2.45, 2.75) is 52.4 Å². The fourth-order valence-electron chi connectivity index (χ4n) is 3.16. The Morgan fingerprint density at radius 3 is 2.47 bits per heavy atom. The molecule has 0 aliphatic heterocycles. The molecule has 3 rings (SSSR count). The zero-order chi connectivity index (χ0) is 21.3. The molecule has 30 heavy (non-hydrogen) atoms. The zero-order valence-electron chi connectivity index (χ0n) is 17.5. The molecule has 0 atom stereocenters. The Morgan fingerprint density at radius 2 is 1.70 bits per heavy atom. The van der Waals surface area contributed by atoms with Crippen LogP contribution in [0.4, 0.5) is 19.6 Å². The second-order valence-electron chi connectivity index (χ2n) is 7.37. The number of hydrogen-bond donors (Lipinski definition) is 1. The van der Waals surface area contributed by atoms with Crippen LogP contribution >= 0.6 is 11.3 Å². The topological polar surface area (TPSA) is 34.1 Å².